The molecule has 0 atom stereocenters. The molecule has 1 aromatic rings. The SMILES string of the molecule is CC(C)COC(=O)NC1CC2(CCN(Cc3ccccn3)CC2)C1.O=C(O)C(F)(F)F. The van der Waals surface area contributed by atoms with Gasteiger partial charge in [-0.3, -0.25) is 9.88 Å². The average molecular weight is 445 g/mol. The fourth-order valence-corrected chi connectivity index (χ4v) is 3.85. The molecule has 2 N–H and O–H groups in total. The Morgan fingerprint density at radius 3 is 2.39 bits per heavy atom. The van der Waals surface area contributed by atoms with Gasteiger partial charge in [-0.15, -0.1) is 0 Å². The summed E-state index contributed by atoms with van der Waals surface area (Å²) in [5, 5.41) is 10.1. The van der Waals surface area contributed by atoms with E-state index in [2.05, 4.69) is 21.3 Å². The fraction of sp³-hybridized carbons (Fsp3) is 0.667. The molecule has 0 radical (unpaired) electrons. The van der Waals surface area contributed by atoms with E-state index in [0.717, 1.165) is 38.2 Å². The highest BCUT2D eigenvalue weighted by Crippen LogP contribution is 2.49. The normalized spacial score (nSPS) is 18.6. The Morgan fingerprint density at radius 1 is 1.29 bits per heavy atom. The number of piperidine rings is 1. The molecule has 31 heavy (non-hydrogen) atoms. The van der Waals surface area contributed by atoms with Crippen molar-refractivity contribution in [1.29, 1.82) is 0 Å². The molecular formula is C21H30F3N3O4. The Morgan fingerprint density at radius 2 is 1.90 bits per heavy atom. The molecular weight excluding hydrogens is 415 g/mol. The molecule has 0 aromatic carbocycles. The van der Waals surface area contributed by atoms with Crippen LogP contribution in [0.4, 0.5) is 18.0 Å². The Hall–Kier alpha value is -2.36. The quantitative estimate of drug-likeness (QED) is 0.716. The number of carbonyl (C=O) groups is 2. The van der Waals surface area contributed by atoms with Gasteiger partial charge < -0.3 is 15.2 Å². The number of alkyl carbamates (subject to hydrolysis) is 1. The molecule has 1 amide bonds. The largest absolute Gasteiger partial charge is 0.490 e. The Bertz CT molecular complexity index is 712. The number of nitrogens with one attached hydrogen (secondary N) is 1. The highest BCUT2D eigenvalue weighted by Gasteiger charge is 2.46. The van der Waals surface area contributed by atoms with E-state index in [1.54, 1.807) is 0 Å². The first kappa shape index (κ1) is 24.9. The molecule has 1 aromatic heterocycles. The predicted molar refractivity (Wildman–Crippen MR) is 107 cm³/mol. The van der Waals surface area contributed by atoms with Crippen LogP contribution in [0.2, 0.25) is 0 Å². The number of carboxylic acids is 1. The first-order valence-electron chi connectivity index (χ1n) is 10.3. The third-order valence-corrected chi connectivity index (χ3v) is 5.50. The second-order valence-electron chi connectivity index (χ2n) is 8.64. The molecule has 2 fully saturated rings. The zero-order valence-corrected chi connectivity index (χ0v) is 17.8. The van der Waals surface area contributed by atoms with Crippen molar-refractivity contribution in [3.8, 4) is 0 Å². The number of likely N-dealkylation sites (tertiary alicyclic amines) is 1. The Balaban J connectivity index is 0.000000423. The molecule has 174 valence electrons. The van der Waals surface area contributed by atoms with Gasteiger partial charge in [0.25, 0.3) is 0 Å². The molecule has 10 heteroatoms. The maximum atomic E-state index is 11.7. The number of alkyl halides is 3. The van der Waals surface area contributed by atoms with Gasteiger partial charge in [-0.1, -0.05) is 19.9 Å². The zero-order valence-electron chi connectivity index (χ0n) is 17.8. The molecule has 1 aliphatic carbocycles. The van der Waals surface area contributed by atoms with Gasteiger partial charge in [-0.25, -0.2) is 9.59 Å². The van der Waals surface area contributed by atoms with Crippen LogP contribution in [0.15, 0.2) is 24.4 Å². The number of carboxylic acid groups (broad SMARTS) is 1. The number of nitrogens with zero attached hydrogens (tertiary/aromatic N) is 2. The van der Waals surface area contributed by atoms with Crippen molar-refractivity contribution in [3.05, 3.63) is 30.1 Å². The van der Waals surface area contributed by atoms with Gasteiger partial charge >= 0.3 is 18.2 Å². The molecule has 3 rings (SSSR count). The van der Waals surface area contributed by atoms with Gasteiger partial charge in [0.1, 0.15) is 0 Å². The van der Waals surface area contributed by atoms with E-state index in [4.69, 9.17) is 14.6 Å². The molecule has 2 heterocycles. The summed E-state index contributed by atoms with van der Waals surface area (Å²) < 4.78 is 36.9. The van der Waals surface area contributed by atoms with E-state index < -0.39 is 12.1 Å². The molecule has 2 aliphatic rings. The van der Waals surface area contributed by atoms with E-state index in [1.807, 2.05) is 32.2 Å². The van der Waals surface area contributed by atoms with Crippen LogP contribution in [0, 0.1) is 11.3 Å². The third kappa shape index (κ3) is 8.35. The Kier molecular flexibility index (Phi) is 8.67. The second kappa shape index (κ2) is 10.8. The van der Waals surface area contributed by atoms with Crippen molar-refractivity contribution < 1.29 is 32.6 Å². The summed E-state index contributed by atoms with van der Waals surface area (Å²) in [6.07, 6.45) is 1.16. The van der Waals surface area contributed by atoms with Crippen molar-refractivity contribution in [1.82, 2.24) is 15.2 Å². The van der Waals surface area contributed by atoms with Crippen LogP contribution in [-0.2, 0) is 16.1 Å². The smallest absolute Gasteiger partial charge is 0.475 e. The number of halogens is 3. The van der Waals surface area contributed by atoms with Gasteiger partial charge in [0, 0.05) is 18.8 Å². The van der Waals surface area contributed by atoms with Crippen molar-refractivity contribution in [2.75, 3.05) is 19.7 Å². The fourth-order valence-electron chi connectivity index (χ4n) is 3.85. The number of ether oxygens (including phenoxy) is 1. The van der Waals surface area contributed by atoms with Crippen LogP contribution < -0.4 is 5.32 Å². The first-order chi connectivity index (χ1) is 14.5. The van der Waals surface area contributed by atoms with Crippen molar-refractivity contribution in [2.45, 2.75) is 58.3 Å². The number of hydrogen-bond acceptors (Lipinski definition) is 5. The van der Waals surface area contributed by atoms with Gasteiger partial charge in [0.15, 0.2) is 0 Å². The maximum Gasteiger partial charge on any atom is 0.490 e. The number of aliphatic carboxylic acids is 1. The highest BCUT2D eigenvalue weighted by atomic mass is 19.4. The topological polar surface area (TPSA) is 91.8 Å². The van der Waals surface area contributed by atoms with E-state index in [1.165, 1.54) is 12.8 Å². The number of pyridine rings is 1. The standard InChI is InChI=1S/C19H29N3O2.C2HF3O2/c1-15(2)14-24-18(23)21-17-11-19(12-17)6-9-22(10-7-19)13-16-5-3-4-8-20-16;3-2(4,5)1(6)7/h3-5,8,15,17H,6-7,9-14H2,1-2H3,(H,21,23);(H,6,7). The van der Waals surface area contributed by atoms with Gasteiger partial charge in [0.2, 0.25) is 0 Å². The van der Waals surface area contributed by atoms with Crippen molar-refractivity contribution in [3.63, 3.8) is 0 Å². The van der Waals surface area contributed by atoms with Crippen LogP contribution >= 0.6 is 0 Å². The third-order valence-electron chi connectivity index (χ3n) is 5.50. The van der Waals surface area contributed by atoms with Crippen molar-refractivity contribution in [2.24, 2.45) is 11.3 Å². The predicted octanol–water partition coefficient (Wildman–Crippen LogP) is 3.84. The molecule has 7 nitrogen and oxygen atoms in total. The summed E-state index contributed by atoms with van der Waals surface area (Å²) in [6.45, 7) is 7.78. The van der Waals surface area contributed by atoms with E-state index in [9.17, 15) is 18.0 Å². The van der Waals surface area contributed by atoms with Crippen molar-refractivity contribution >= 4 is 12.1 Å². The summed E-state index contributed by atoms with van der Waals surface area (Å²) in [5.41, 5.74) is 1.59. The van der Waals surface area contributed by atoms with Gasteiger partial charge in [0.05, 0.1) is 12.3 Å². The number of aromatic nitrogens is 1. The van der Waals surface area contributed by atoms with Gasteiger partial charge in [-0.2, -0.15) is 13.2 Å². The monoisotopic (exact) mass is 445 g/mol. The molecule has 1 saturated heterocycles. The molecule has 0 unspecified atom stereocenters. The van der Waals surface area contributed by atoms with Crippen LogP contribution in [0.25, 0.3) is 0 Å². The van der Waals surface area contributed by atoms with E-state index in [-0.39, 0.29) is 6.09 Å². The second-order valence-corrected chi connectivity index (χ2v) is 8.64. The zero-order chi connectivity index (χ0) is 23.1. The number of carbonyl (C=O) groups excluding carboxylic acids is 1. The summed E-state index contributed by atoms with van der Waals surface area (Å²) >= 11 is 0. The molecule has 1 saturated carbocycles. The lowest BCUT2D eigenvalue weighted by Gasteiger charge is -2.52. The molecule has 1 aliphatic heterocycles. The van der Waals surface area contributed by atoms with E-state index in [0.29, 0.717) is 24.0 Å². The molecule has 0 bridgehead atoms. The summed E-state index contributed by atoms with van der Waals surface area (Å²) in [4.78, 5) is 27.5. The first-order valence-corrected chi connectivity index (χ1v) is 10.3. The molecule has 1 spiro atoms. The van der Waals surface area contributed by atoms with Crippen LogP contribution in [-0.4, -0.2) is 59.0 Å². The lowest BCUT2D eigenvalue weighted by molar-refractivity contribution is -0.192. The minimum Gasteiger partial charge on any atom is -0.475 e. The highest BCUT2D eigenvalue weighted by molar-refractivity contribution is 5.73. The minimum absolute atomic E-state index is 0.254. The summed E-state index contributed by atoms with van der Waals surface area (Å²) in [5.74, 6) is -2.38. The number of amides is 1. The lowest BCUT2D eigenvalue weighted by atomic mass is 9.60. The summed E-state index contributed by atoms with van der Waals surface area (Å²) in [7, 11) is 0. The van der Waals surface area contributed by atoms with Crippen LogP contribution in [0.3, 0.4) is 0 Å². The van der Waals surface area contributed by atoms with Gasteiger partial charge in [-0.05, 0) is 62.2 Å². The number of rotatable bonds is 5. The van der Waals surface area contributed by atoms with Crippen LogP contribution in [0.1, 0.15) is 45.2 Å². The lowest BCUT2D eigenvalue weighted by Crippen LogP contribution is -2.54. The van der Waals surface area contributed by atoms with Crippen LogP contribution in [0.5, 0.6) is 0 Å². The Labute approximate surface area is 180 Å². The van der Waals surface area contributed by atoms with E-state index >= 15 is 0 Å². The maximum absolute atomic E-state index is 11.7. The minimum atomic E-state index is -5.08. The average Bonchev–Trinajstić information content (AvgIpc) is 2.67. The summed E-state index contributed by atoms with van der Waals surface area (Å²) in [6, 6.07) is 6.40. The number of hydrogen-bond donors (Lipinski definition) is 2.